The maximum absolute atomic E-state index is 12.5. The number of amides is 1. The molecule has 1 aromatic heterocycles. The highest BCUT2D eigenvalue weighted by molar-refractivity contribution is 6.32. The number of nitrogens with zero attached hydrogens (tertiary/aromatic N) is 3. The number of ether oxygens (including phenoxy) is 1. The van der Waals surface area contributed by atoms with Crippen molar-refractivity contribution in [1.82, 2.24) is 9.78 Å². The maximum atomic E-state index is 12.5. The molecule has 0 saturated heterocycles. The summed E-state index contributed by atoms with van der Waals surface area (Å²) >= 11 is 12.7. The molecule has 3 aromatic rings. The third-order valence-corrected chi connectivity index (χ3v) is 6.07. The maximum Gasteiger partial charge on any atom is 0.331 e. The number of hydrogen-bond acceptors (Lipinski definition) is 4. The molecule has 0 aliphatic carbocycles. The monoisotopic (exact) mass is 469 g/mol. The molecule has 164 valence electrons. The van der Waals surface area contributed by atoms with Crippen LogP contribution in [0.5, 0.6) is 0 Å². The standard InChI is InChI=1S/C24H21Cl2N3O3/c1-16-19(24(26)29(27-16)14-18-7-2-4-8-20(18)25)10-11-23(31)32-15-22(30)28-13-12-17-6-3-5-9-21(17)28/h2-11H,12-15H2,1H3. The van der Waals surface area contributed by atoms with Crippen molar-refractivity contribution in [1.29, 1.82) is 0 Å². The van der Waals surface area contributed by atoms with Gasteiger partial charge < -0.3 is 9.64 Å². The smallest absolute Gasteiger partial charge is 0.331 e. The second kappa shape index (κ2) is 9.59. The first-order valence-electron chi connectivity index (χ1n) is 10.1. The van der Waals surface area contributed by atoms with Gasteiger partial charge in [0.25, 0.3) is 5.91 Å². The Hall–Kier alpha value is -3.09. The highest BCUT2D eigenvalue weighted by Crippen LogP contribution is 2.27. The van der Waals surface area contributed by atoms with Gasteiger partial charge in [-0.3, -0.25) is 4.79 Å². The number of carbonyl (C=O) groups is 2. The van der Waals surface area contributed by atoms with Crippen molar-refractivity contribution < 1.29 is 14.3 Å². The SMILES string of the molecule is Cc1nn(Cc2ccccc2Cl)c(Cl)c1C=CC(=O)OCC(=O)N1CCc2ccccc21. The lowest BCUT2D eigenvalue weighted by Crippen LogP contribution is -2.33. The van der Waals surface area contributed by atoms with Gasteiger partial charge >= 0.3 is 5.97 Å². The quantitative estimate of drug-likeness (QED) is 0.387. The van der Waals surface area contributed by atoms with Crippen LogP contribution in [0, 0.1) is 6.92 Å². The molecule has 1 aliphatic rings. The van der Waals surface area contributed by atoms with Gasteiger partial charge in [-0.15, -0.1) is 0 Å². The van der Waals surface area contributed by atoms with Crippen molar-refractivity contribution in [3.8, 4) is 0 Å². The second-order valence-corrected chi connectivity index (χ2v) is 8.17. The summed E-state index contributed by atoms with van der Waals surface area (Å²) in [6, 6.07) is 15.2. The molecule has 0 atom stereocenters. The number of para-hydroxylation sites is 1. The number of aryl methyl sites for hydroxylation is 1. The second-order valence-electron chi connectivity index (χ2n) is 7.40. The number of esters is 1. The van der Waals surface area contributed by atoms with Gasteiger partial charge in [0.05, 0.1) is 12.2 Å². The predicted octanol–water partition coefficient (Wildman–Crippen LogP) is 4.69. The van der Waals surface area contributed by atoms with Gasteiger partial charge in [-0.05, 0) is 42.7 Å². The van der Waals surface area contributed by atoms with Crippen molar-refractivity contribution in [3.05, 3.63) is 87.2 Å². The van der Waals surface area contributed by atoms with Crippen LogP contribution in [0.2, 0.25) is 10.2 Å². The Balaban J connectivity index is 1.37. The van der Waals surface area contributed by atoms with E-state index in [1.165, 1.54) is 6.08 Å². The van der Waals surface area contributed by atoms with Gasteiger partial charge in [-0.2, -0.15) is 5.10 Å². The molecular weight excluding hydrogens is 449 g/mol. The Morgan fingerprint density at radius 3 is 2.69 bits per heavy atom. The molecule has 8 heteroatoms. The van der Waals surface area contributed by atoms with E-state index in [0.717, 1.165) is 23.2 Å². The summed E-state index contributed by atoms with van der Waals surface area (Å²) in [5.41, 5.74) is 4.14. The molecule has 1 amide bonds. The first kappa shape index (κ1) is 22.1. The Morgan fingerprint density at radius 2 is 1.88 bits per heavy atom. The summed E-state index contributed by atoms with van der Waals surface area (Å²) in [6.07, 6.45) is 3.60. The van der Waals surface area contributed by atoms with Crippen molar-refractivity contribution in [2.24, 2.45) is 0 Å². The van der Waals surface area contributed by atoms with Crippen LogP contribution in [-0.4, -0.2) is 34.8 Å². The lowest BCUT2D eigenvalue weighted by molar-refractivity contribution is -0.142. The molecular formula is C24H21Cl2N3O3. The van der Waals surface area contributed by atoms with Gasteiger partial charge in [0.1, 0.15) is 5.15 Å². The van der Waals surface area contributed by atoms with Gasteiger partial charge in [0.15, 0.2) is 6.61 Å². The number of halogens is 2. The van der Waals surface area contributed by atoms with Crippen molar-refractivity contribution >= 4 is 46.8 Å². The Kier molecular flexibility index (Phi) is 6.63. The summed E-state index contributed by atoms with van der Waals surface area (Å²) in [5, 5.41) is 5.45. The average molecular weight is 470 g/mol. The molecule has 6 nitrogen and oxygen atoms in total. The van der Waals surface area contributed by atoms with Gasteiger partial charge in [0.2, 0.25) is 0 Å². The molecule has 0 radical (unpaired) electrons. The molecule has 4 rings (SSSR count). The molecule has 0 N–H and O–H groups in total. The van der Waals surface area contributed by atoms with Crippen molar-refractivity contribution in [3.63, 3.8) is 0 Å². The first-order chi connectivity index (χ1) is 15.4. The van der Waals surface area contributed by atoms with Crippen LogP contribution in [-0.2, 0) is 27.3 Å². The average Bonchev–Trinajstić information content (AvgIpc) is 3.33. The van der Waals surface area contributed by atoms with Gasteiger partial charge in [-0.25, -0.2) is 9.48 Å². The minimum absolute atomic E-state index is 0.251. The van der Waals surface area contributed by atoms with E-state index in [1.54, 1.807) is 28.6 Å². The van der Waals surface area contributed by atoms with Crippen molar-refractivity contribution in [2.75, 3.05) is 18.1 Å². The molecule has 0 bridgehead atoms. The zero-order chi connectivity index (χ0) is 22.7. The van der Waals surface area contributed by atoms with E-state index in [4.69, 9.17) is 27.9 Å². The number of hydrogen-bond donors (Lipinski definition) is 0. The van der Waals surface area contributed by atoms with E-state index in [-0.39, 0.29) is 12.5 Å². The van der Waals surface area contributed by atoms with Crippen LogP contribution >= 0.6 is 23.2 Å². The van der Waals surface area contributed by atoms with E-state index in [0.29, 0.717) is 34.5 Å². The molecule has 0 saturated carbocycles. The summed E-state index contributed by atoms with van der Waals surface area (Å²) in [5.74, 6) is -0.876. The van der Waals surface area contributed by atoms with Crippen LogP contribution < -0.4 is 4.90 Å². The lowest BCUT2D eigenvalue weighted by Gasteiger charge is -2.16. The van der Waals surface area contributed by atoms with E-state index < -0.39 is 5.97 Å². The minimum atomic E-state index is -0.625. The summed E-state index contributed by atoms with van der Waals surface area (Å²) in [6.45, 7) is 2.47. The van der Waals surface area contributed by atoms with E-state index in [1.807, 2.05) is 42.5 Å². The van der Waals surface area contributed by atoms with E-state index in [9.17, 15) is 9.59 Å². The Labute approximate surface area is 196 Å². The van der Waals surface area contributed by atoms with Crippen LogP contribution in [0.15, 0.2) is 54.6 Å². The zero-order valence-electron chi connectivity index (χ0n) is 17.4. The molecule has 0 unspecified atom stereocenters. The molecule has 1 aliphatic heterocycles. The molecule has 2 heterocycles. The number of carbonyl (C=O) groups excluding carboxylic acids is 2. The van der Waals surface area contributed by atoms with Crippen molar-refractivity contribution in [2.45, 2.75) is 19.9 Å². The largest absolute Gasteiger partial charge is 0.452 e. The number of rotatable bonds is 6. The van der Waals surface area contributed by atoms with Gasteiger partial charge in [-0.1, -0.05) is 59.6 Å². The number of benzene rings is 2. The normalized spacial score (nSPS) is 12.9. The topological polar surface area (TPSA) is 64.4 Å². The van der Waals surface area contributed by atoms with Crippen LogP contribution in [0.25, 0.3) is 6.08 Å². The fourth-order valence-corrected chi connectivity index (χ4v) is 4.15. The first-order valence-corrected chi connectivity index (χ1v) is 10.9. The molecule has 32 heavy (non-hydrogen) atoms. The highest BCUT2D eigenvalue weighted by Gasteiger charge is 2.24. The highest BCUT2D eigenvalue weighted by atomic mass is 35.5. The summed E-state index contributed by atoms with van der Waals surface area (Å²) in [7, 11) is 0. The van der Waals surface area contributed by atoms with E-state index >= 15 is 0 Å². The van der Waals surface area contributed by atoms with Gasteiger partial charge in [0, 0.05) is 28.9 Å². The minimum Gasteiger partial charge on any atom is -0.452 e. The molecule has 0 spiro atoms. The Morgan fingerprint density at radius 1 is 1.12 bits per heavy atom. The molecule has 2 aromatic carbocycles. The Bertz CT molecular complexity index is 1200. The molecule has 0 fully saturated rings. The third-order valence-electron chi connectivity index (χ3n) is 5.30. The number of fused-ring (bicyclic) bond motifs is 1. The summed E-state index contributed by atoms with van der Waals surface area (Å²) in [4.78, 5) is 26.3. The fraction of sp³-hybridized carbons (Fsp3) is 0.208. The van der Waals surface area contributed by atoms with E-state index in [2.05, 4.69) is 5.10 Å². The number of aromatic nitrogens is 2. The van der Waals surface area contributed by atoms with Crippen LogP contribution in [0.4, 0.5) is 5.69 Å². The number of anilines is 1. The predicted molar refractivity (Wildman–Crippen MR) is 125 cm³/mol. The lowest BCUT2D eigenvalue weighted by atomic mass is 10.2. The zero-order valence-corrected chi connectivity index (χ0v) is 18.9. The fourth-order valence-electron chi connectivity index (χ4n) is 3.66. The van der Waals surface area contributed by atoms with Crippen LogP contribution in [0.1, 0.15) is 22.4 Å². The van der Waals surface area contributed by atoms with Crippen LogP contribution in [0.3, 0.4) is 0 Å². The summed E-state index contributed by atoms with van der Waals surface area (Å²) < 4.78 is 6.77. The third kappa shape index (κ3) is 4.71.